The summed E-state index contributed by atoms with van der Waals surface area (Å²) in [5.41, 5.74) is -0.0133. The van der Waals surface area contributed by atoms with Gasteiger partial charge in [-0.3, -0.25) is 9.36 Å². The van der Waals surface area contributed by atoms with Crippen LogP contribution in [0.2, 0.25) is 5.02 Å². The molecule has 0 atom stereocenters. The van der Waals surface area contributed by atoms with E-state index in [0.717, 1.165) is 17.0 Å². The number of aryl methyl sites for hydroxylation is 1. The van der Waals surface area contributed by atoms with Crippen LogP contribution in [0.15, 0.2) is 41.5 Å². The van der Waals surface area contributed by atoms with E-state index in [4.69, 9.17) is 16.3 Å². The normalized spacial score (nSPS) is 11.0. The number of nitrogens with zero attached hydrogens (tertiary/aromatic N) is 2. The summed E-state index contributed by atoms with van der Waals surface area (Å²) in [7, 11) is 0. The van der Waals surface area contributed by atoms with Crippen molar-refractivity contribution in [1.29, 1.82) is 0 Å². The second-order valence-electron chi connectivity index (χ2n) is 4.83. The quantitative estimate of drug-likeness (QED) is 0.713. The molecule has 0 bridgehead atoms. The van der Waals surface area contributed by atoms with Gasteiger partial charge in [0, 0.05) is 9.90 Å². The lowest BCUT2D eigenvalue weighted by Gasteiger charge is -2.08. The summed E-state index contributed by atoms with van der Waals surface area (Å²) in [6.45, 7) is 2.93. The summed E-state index contributed by atoms with van der Waals surface area (Å²) in [5.74, 6) is 0.732. The highest BCUT2D eigenvalue weighted by Gasteiger charge is 2.08. The van der Waals surface area contributed by atoms with Crippen LogP contribution in [0.4, 0.5) is 0 Å². The molecular weight excluding hydrogens is 320 g/mol. The lowest BCUT2D eigenvalue weighted by Crippen LogP contribution is -2.23. The SMILES string of the molecule is CCc1cc2c(=O)n(CCOc3ccc(Cl)cc3)cnc2s1. The minimum atomic E-state index is -0.0133. The molecule has 114 valence electrons. The van der Waals surface area contributed by atoms with Gasteiger partial charge < -0.3 is 4.74 Å². The van der Waals surface area contributed by atoms with Crippen LogP contribution in [0.1, 0.15) is 11.8 Å². The minimum absolute atomic E-state index is 0.0133. The first-order valence-electron chi connectivity index (χ1n) is 7.03. The molecule has 0 aliphatic carbocycles. The highest BCUT2D eigenvalue weighted by Crippen LogP contribution is 2.21. The average molecular weight is 335 g/mol. The van der Waals surface area contributed by atoms with E-state index in [0.29, 0.717) is 23.6 Å². The second-order valence-corrected chi connectivity index (χ2v) is 6.38. The zero-order valence-corrected chi connectivity index (χ0v) is 13.7. The molecule has 22 heavy (non-hydrogen) atoms. The Hall–Kier alpha value is -1.85. The average Bonchev–Trinajstić information content (AvgIpc) is 2.96. The third-order valence-electron chi connectivity index (χ3n) is 3.33. The van der Waals surface area contributed by atoms with E-state index in [1.165, 1.54) is 4.88 Å². The fourth-order valence-electron chi connectivity index (χ4n) is 2.14. The fraction of sp³-hybridized carbons (Fsp3) is 0.250. The molecule has 0 fully saturated rings. The van der Waals surface area contributed by atoms with Crippen molar-refractivity contribution < 1.29 is 4.74 Å². The predicted molar refractivity (Wildman–Crippen MR) is 90.2 cm³/mol. The number of halogens is 1. The predicted octanol–water partition coefficient (Wildman–Crippen LogP) is 3.75. The van der Waals surface area contributed by atoms with Crippen molar-refractivity contribution in [2.24, 2.45) is 0 Å². The van der Waals surface area contributed by atoms with Crippen molar-refractivity contribution in [2.45, 2.75) is 19.9 Å². The van der Waals surface area contributed by atoms with Gasteiger partial charge in [-0.05, 0) is 36.8 Å². The lowest BCUT2D eigenvalue weighted by atomic mass is 10.3. The Morgan fingerprint density at radius 1 is 1.32 bits per heavy atom. The topological polar surface area (TPSA) is 44.1 Å². The first-order valence-corrected chi connectivity index (χ1v) is 8.23. The maximum absolute atomic E-state index is 12.4. The molecular formula is C16H15ClN2O2S. The Morgan fingerprint density at radius 2 is 2.09 bits per heavy atom. The Balaban J connectivity index is 1.72. The van der Waals surface area contributed by atoms with Crippen molar-refractivity contribution in [3.63, 3.8) is 0 Å². The number of ether oxygens (including phenoxy) is 1. The molecule has 0 N–H and O–H groups in total. The standard InChI is InChI=1S/C16H15ClN2O2S/c1-2-13-9-14-15(22-13)18-10-19(16(14)20)7-8-21-12-5-3-11(17)4-6-12/h3-6,9-10H,2,7-8H2,1H3. The van der Waals surface area contributed by atoms with Gasteiger partial charge in [0.25, 0.3) is 5.56 Å². The molecule has 3 rings (SSSR count). The van der Waals surface area contributed by atoms with Gasteiger partial charge in [0.05, 0.1) is 18.3 Å². The van der Waals surface area contributed by atoms with E-state index in [1.54, 1.807) is 46.5 Å². The van der Waals surface area contributed by atoms with Gasteiger partial charge in [-0.25, -0.2) is 4.98 Å². The first kappa shape index (κ1) is 15.1. The molecule has 4 nitrogen and oxygen atoms in total. The van der Waals surface area contributed by atoms with Crippen LogP contribution < -0.4 is 10.3 Å². The molecule has 0 saturated heterocycles. The Bertz CT molecular complexity index is 839. The van der Waals surface area contributed by atoms with E-state index >= 15 is 0 Å². The van der Waals surface area contributed by atoms with E-state index in [1.807, 2.05) is 6.07 Å². The number of benzene rings is 1. The summed E-state index contributed by atoms with van der Waals surface area (Å²) in [4.78, 5) is 18.7. The summed E-state index contributed by atoms with van der Waals surface area (Å²) in [6.07, 6.45) is 2.51. The van der Waals surface area contributed by atoms with Crippen molar-refractivity contribution in [3.8, 4) is 5.75 Å². The van der Waals surface area contributed by atoms with Gasteiger partial charge in [-0.15, -0.1) is 11.3 Å². The molecule has 0 aliphatic rings. The third-order valence-corrected chi connectivity index (χ3v) is 4.77. The summed E-state index contributed by atoms with van der Waals surface area (Å²) in [5, 5.41) is 1.36. The van der Waals surface area contributed by atoms with Gasteiger partial charge in [-0.2, -0.15) is 0 Å². The van der Waals surface area contributed by atoms with Crippen LogP contribution in [0.25, 0.3) is 10.2 Å². The molecule has 0 amide bonds. The van der Waals surface area contributed by atoms with Crippen LogP contribution in [0.3, 0.4) is 0 Å². The van der Waals surface area contributed by atoms with Crippen LogP contribution in [-0.4, -0.2) is 16.2 Å². The van der Waals surface area contributed by atoms with Crippen molar-refractivity contribution in [2.75, 3.05) is 6.61 Å². The van der Waals surface area contributed by atoms with Gasteiger partial charge in [-0.1, -0.05) is 18.5 Å². The number of aromatic nitrogens is 2. The van der Waals surface area contributed by atoms with E-state index in [9.17, 15) is 4.79 Å². The molecule has 0 radical (unpaired) electrons. The lowest BCUT2D eigenvalue weighted by molar-refractivity contribution is 0.296. The van der Waals surface area contributed by atoms with Crippen molar-refractivity contribution in [1.82, 2.24) is 9.55 Å². The molecule has 3 aromatic rings. The molecule has 0 unspecified atom stereocenters. The smallest absolute Gasteiger partial charge is 0.262 e. The van der Waals surface area contributed by atoms with Crippen molar-refractivity contribution >= 4 is 33.2 Å². The monoisotopic (exact) mass is 334 g/mol. The molecule has 2 heterocycles. The number of rotatable bonds is 5. The van der Waals surface area contributed by atoms with Gasteiger partial charge in [0.1, 0.15) is 17.2 Å². The maximum atomic E-state index is 12.4. The number of fused-ring (bicyclic) bond motifs is 1. The fourth-order valence-corrected chi connectivity index (χ4v) is 3.19. The van der Waals surface area contributed by atoms with Gasteiger partial charge in [0.2, 0.25) is 0 Å². The minimum Gasteiger partial charge on any atom is -0.492 e. The zero-order valence-electron chi connectivity index (χ0n) is 12.1. The van der Waals surface area contributed by atoms with E-state index in [-0.39, 0.29) is 5.56 Å². The van der Waals surface area contributed by atoms with E-state index in [2.05, 4.69) is 11.9 Å². The van der Waals surface area contributed by atoms with E-state index < -0.39 is 0 Å². The van der Waals surface area contributed by atoms with Crippen LogP contribution >= 0.6 is 22.9 Å². The highest BCUT2D eigenvalue weighted by molar-refractivity contribution is 7.18. The number of thiophene rings is 1. The summed E-state index contributed by atoms with van der Waals surface area (Å²) >= 11 is 7.40. The molecule has 2 aromatic heterocycles. The Morgan fingerprint density at radius 3 is 2.82 bits per heavy atom. The first-order chi connectivity index (χ1) is 10.7. The summed E-state index contributed by atoms with van der Waals surface area (Å²) in [6, 6.07) is 9.09. The molecule has 0 saturated carbocycles. The number of hydrogen-bond acceptors (Lipinski definition) is 4. The molecule has 1 aromatic carbocycles. The van der Waals surface area contributed by atoms with Gasteiger partial charge in [0.15, 0.2) is 0 Å². The molecule has 0 spiro atoms. The molecule has 0 aliphatic heterocycles. The van der Waals surface area contributed by atoms with Crippen LogP contribution in [-0.2, 0) is 13.0 Å². The third kappa shape index (κ3) is 3.15. The second kappa shape index (κ2) is 6.50. The summed E-state index contributed by atoms with van der Waals surface area (Å²) < 4.78 is 7.20. The van der Waals surface area contributed by atoms with Crippen LogP contribution in [0.5, 0.6) is 5.75 Å². The molecule has 6 heteroatoms. The Labute approximate surface area is 136 Å². The largest absolute Gasteiger partial charge is 0.492 e. The zero-order chi connectivity index (χ0) is 15.5. The maximum Gasteiger partial charge on any atom is 0.262 e. The van der Waals surface area contributed by atoms with Crippen molar-refractivity contribution in [3.05, 3.63) is 56.9 Å². The number of hydrogen-bond donors (Lipinski definition) is 0. The Kier molecular flexibility index (Phi) is 4.45. The van der Waals surface area contributed by atoms with Gasteiger partial charge >= 0.3 is 0 Å². The highest BCUT2D eigenvalue weighted by atomic mass is 35.5. The van der Waals surface area contributed by atoms with Crippen LogP contribution in [0, 0.1) is 0 Å².